The molecule has 66 valence electrons. The van der Waals surface area contributed by atoms with Crippen LogP contribution < -0.4 is 0 Å². The van der Waals surface area contributed by atoms with E-state index < -0.39 is 11.6 Å². The molecule has 0 saturated carbocycles. The molecule has 0 aliphatic rings. The molecule has 0 nitrogen and oxygen atoms in total. The first-order valence-corrected chi connectivity index (χ1v) is 4.03. The Morgan fingerprint density at radius 1 is 1.00 bits per heavy atom. The van der Waals surface area contributed by atoms with Gasteiger partial charge in [0.2, 0.25) is 0 Å². The number of fused-ring (bicyclic) bond motifs is 1. The fourth-order valence-corrected chi connectivity index (χ4v) is 1.37. The average molecular weight is 178 g/mol. The molecule has 0 aliphatic heterocycles. The van der Waals surface area contributed by atoms with Gasteiger partial charge in [0.15, 0.2) is 11.6 Å². The standard InChI is InChI=1S/C11H8F2/c1-7-2-3-8-4-5-10(12)11(13)9(8)6-7/h2-6H,1H3. The monoisotopic (exact) mass is 178 g/mol. The molecule has 0 radical (unpaired) electrons. The predicted molar refractivity (Wildman–Crippen MR) is 48.6 cm³/mol. The molecule has 0 bridgehead atoms. The zero-order valence-electron chi connectivity index (χ0n) is 7.14. The van der Waals surface area contributed by atoms with Crippen LogP contribution in [-0.2, 0) is 0 Å². The summed E-state index contributed by atoms with van der Waals surface area (Å²) in [7, 11) is 0. The predicted octanol–water partition coefficient (Wildman–Crippen LogP) is 3.43. The second-order valence-corrected chi connectivity index (χ2v) is 3.09. The lowest BCUT2D eigenvalue weighted by Gasteiger charge is -2.01. The van der Waals surface area contributed by atoms with Crippen LogP contribution in [0.25, 0.3) is 10.8 Å². The van der Waals surface area contributed by atoms with Gasteiger partial charge in [-0.05, 0) is 24.4 Å². The Bertz CT molecular complexity index is 456. The second kappa shape index (κ2) is 2.80. The van der Waals surface area contributed by atoms with Crippen molar-refractivity contribution < 1.29 is 8.78 Å². The fourth-order valence-electron chi connectivity index (χ4n) is 1.37. The van der Waals surface area contributed by atoms with E-state index in [9.17, 15) is 8.78 Å². The van der Waals surface area contributed by atoms with Crippen LogP contribution in [0.3, 0.4) is 0 Å². The van der Waals surface area contributed by atoms with Crippen molar-refractivity contribution in [2.24, 2.45) is 0 Å². The van der Waals surface area contributed by atoms with Crippen LogP contribution >= 0.6 is 0 Å². The van der Waals surface area contributed by atoms with Crippen molar-refractivity contribution in [3.05, 3.63) is 47.5 Å². The Labute approximate surface area is 74.8 Å². The van der Waals surface area contributed by atoms with Crippen molar-refractivity contribution >= 4 is 10.8 Å². The molecule has 0 heterocycles. The molecule has 13 heavy (non-hydrogen) atoms. The minimum atomic E-state index is -0.793. The lowest BCUT2D eigenvalue weighted by atomic mass is 10.1. The molecular formula is C11H8F2. The smallest absolute Gasteiger partial charge is 0.166 e. The summed E-state index contributed by atoms with van der Waals surface area (Å²) in [6.45, 7) is 1.85. The van der Waals surface area contributed by atoms with Gasteiger partial charge in [-0.15, -0.1) is 0 Å². The highest BCUT2D eigenvalue weighted by Gasteiger charge is 2.05. The van der Waals surface area contributed by atoms with Gasteiger partial charge in [-0.1, -0.05) is 23.8 Å². The third-order valence-corrected chi connectivity index (χ3v) is 2.06. The lowest BCUT2D eigenvalue weighted by Crippen LogP contribution is -1.86. The first-order valence-electron chi connectivity index (χ1n) is 4.03. The summed E-state index contributed by atoms with van der Waals surface area (Å²) in [5.74, 6) is -1.56. The van der Waals surface area contributed by atoms with Crippen LogP contribution in [0, 0.1) is 18.6 Å². The van der Waals surface area contributed by atoms with Gasteiger partial charge < -0.3 is 0 Å². The third-order valence-electron chi connectivity index (χ3n) is 2.06. The molecule has 2 rings (SSSR count). The number of rotatable bonds is 0. The molecule has 0 atom stereocenters. The molecule has 0 spiro atoms. The molecule has 0 N–H and O–H groups in total. The summed E-state index contributed by atoms with van der Waals surface area (Å²) in [4.78, 5) is 0. The summed E-state index contributed by atoms with van der Waals surface area (Å²) in [5, 5.41) is 1.07. The summed E-state index contributed by atoms with van der Waals surface area (Å²) >= 11 is 0. The first kappa shape index (κ1) is 8.17. The van der Waals surface area contributed by atoms with E-state index in [4.69, 9.17) is 0 Å². The van der Waals surface area contributed by atoms with Gasteiger partial charge in [-0.2, -0.15) is 0 Å². The van der Waals surface area contributed by atoms with Crippen LogP contribution in [0.2, 0.25) is 0 Å². The Morgan fingerprint density at radius 2 is 1.69 bits per heavy atom. The van der Waals surface area contributed by atoms with Gasteiger partial charge in [-0.3, -0.25) is 0 Å². The molecule has 0 fully saturated rings. The zero-order chi connectivity index (χ0) is 9.42. The number of hydrogen-bond donors (Lipinski definition) is 0. The number of hydrogen-bond acceptors (Lipinski definition) is 0. The highest BCUT2D eigenvalue weighted by molar-refractivity contribution is 5.83. The van der Waals surface area contributed by atoms with Gasteiger partial charge >= 0.3 is 0 Å². The van der Waals surface area contributed by atoms with E-state index in [1.807, 2.05) is 13.0 Å². The lowest BCUT2D eigenvalue weighted by molar-refractivity contribution is 0.517. The molecule has 2 heteroatoms. The average Bonchev–Trinajstić information content (AvgIpc) is 2.12. The quantitative estimate of drug-likeness (QED) is 0.579. The zero-order valence-corrected chi connectivity index (χ0v) is 7.14. The van der Waals surface area contributed by atoms with E-state index in [1.165, 1.54) is 0 Å². The molecule has 0 aromatic heterocycles. The topological polar surface area (TPSA) is 0 Å². The minimum Gasteiger partial charge on any atom is -0.204 e. The van der Waals surface area contributed by atoms with Crippen LogP contribution in [0.15, 0.2) is 30.3 Å². The van der Waals surface area contributed by atoms with Crippen LogP contribution in [0.1, 0.15) is 5.56 Å². The Balaban J connectivity index is 2.89. The minimum absolute atomic E-state index is 0.347. The third kappa shape index (κ3) is 1.28. The van der Waals surface area contributed by atoms with E-state index >= 15 is 0 Å². The summed E-state index contributed by atoms with van der Waals surface area (Å²) in [5.41, 5.74) is 0.928. The number of halogens is 2. The van der Waals surface area contributed by atoms with Gasteiger partial charge in [0, 0.05) is 5.39 Å². The molecule has 0 saturated heterocycles. The largest absolute Gasteiger partial charge is 0.204 e. The summed E-state index contributed by atoms with van der Waals surface area (Å²) in [6, 6.07) is 8.03. The molecular weight excluding hydrogens is 170 g/mol. The van der Waals surface area contributed by atoms with Crippen molar-refractivity contribution in [3.8, 4) is 0 Å². The van der Waals surface area contributed by atoms with Crippen molar-refractivity contribution in [1.82, 2.24) is 0 Å². The van der Waals surface area contributed by atoms with Gasteiger partial charge in [-0.25, -0.2) is 8.78 Å². The van der Waals surface area contributed by atoms with E-state index in [-0.39, 0.29) is 0 Å². The SMILES string of the molecule is Cc1ccc2ccc(F)c(F)c2c1. The first-order chi connectivity index (χ1) is 6.18. The molecule has 2 aromatic rings. The van der Waals surface area contributed by atoms with E-state index in [2.05, 4.69) is 0 Å². The van der Waals surface area contributed by atoms with Gasteiger partial charge in [0.05, 0.1) is 0 Å². The van der Waals surface area contributed by atoms with Crippen LogP contribution in [0.4, 0.5) is 8.78 Å². The Kier molecular flexibility index (Phi) is 1.76. The van der Waals surface area contributed by atoms with E-state index in [1.54, 1.807) is 18.2 Å². The maximum Gasteiger partial charge on any atom is 0.166 e. The van der Waals surface area contributed by atoms with Crippen molar-refractivity contribution in [1.29, 1.82) is 0 Å². The molecule has 0 aliphatic carbocycles. The van der Waals surface area contributed by atoms with E-state index in [0.717, 1.165) is 17.0 Å². The highest BCUT2D eigenvalue weighted by atomic mass is 19.2. The highest BCUT2D eigenvalue weighted by Crippen LogP contribution is 2.21. The Morgan fingerprint density at radius 3 is 2.46 bits per heavy atom. The van der Waals surface area contributed by atoms with Gasteiger partial charge in [0.1, 0.15) is 0 Å². The number of aryl methyl sites for hydroxylation is 1. The second-order valence-electron chi connectivity index (χ2n) is 3.09. The fraction of sp³-hybridized carbons (Fsp3) is 0.0909. The summed E-state index contributed by atoms with van der Waals surface area (Å²) in [6.07, 6.45) is 0. The van der Waals surface area contributed by atoms with Crippen molar-refractivity contribution in [2.75, 3.05) is 0 Å². The summed E-state index contributed by atoms with van der Waals surface area (Å²) < 4.78 is 26.0. The van der Waals surface area contributed by atoms with Crippen LogP contribution in [-0.4, -0.2) is 0 Å². The molecule has 2 aromatic carbocycles. The molecule has 0 amide bonds. The normalized spacial score (nSPS) is 10.7. The van der Waals surface area contributed by atoms with Crippen LogP contribution in [0.5, 0.6) is 0 Å². The maximum absolute atomic E-state index is 13.2. The van der Waals surface area contributed by atoms with Crippen molar-refractivity contribution in [2.45, 2.75) is 6.92 Å². The molecule has 0 unspecified atom stereocenters. The maximum atomic E-state index is 13.2. The van der Waals surface area contributed by atoms with E-state index in [0.29, 0.717) is 5.39 Å². The Hall–Kier alpha value is -1.44. The van der Waals surface area contributed by atoms with Gasteiger partial charge in [0.25, 0.3) is 0 Å². The van der Waals surface area contributed by atoms with Crippen molar-refractivity contribution in [3.63, 3.8) is 0 Å². The number of benzene rings is 2.